The average molecular weight is 1650 g/mol. The van der Waals surface area contributed by atoms with Gasteiger partial charge in [-0.05, 0) is 12.1 Å². The van der Waals surface area contributed by atoms with E-state index in [0.29, 0.717) is 4.57 Å². The maximum atomic E-state index is 14.4. The van der Waals surface area contributed by atoms with Crippen molar-refractivity contribution in [1.82, 2.24) is 77.7 Å². The fraction of sp³-hybridized carbons (Fsp3) is 0.521. The number of imidazole rings is 3. The first-order chi connectivity index (χ1) is 51.3. The highest BCUT2D eigenvalue weighted by molar-refractivity contribution is 7.48. The predicted octanol–water partition coefficient (Wildman–Crippen LogP) is -7.86. The number of H-pyrrole nitrogens is 3. The molecule has 25 atom stereocenters. The van der Waals surface area contributed by atoms with Crippen LogP contribution >= 0.6 is 39.5 Å². The largest absolute Gasteiger partial charge is 0.694 e. The van der Waals surface area contributed by atoms with Crippen LogP contribution in [0.2, 0.25) is 0 Å². The average Bonchev–Trinajstić information content (AvgIpc) is 1.60. The number of nitrogens with one attached hydrogen (secondary N) is 3. The first kappa shape index (κ1) is 78.9. The molecule has 5 unspecified atom stereocenters. The van der Waals surface area contributed by atoms with Gasteiger partial charge in [0.2, 0.25) is 17.8 Å². The number of rotatable bonds is 28. The molecule has 13 rings (SSSR count). The summed E-state index contributed by atoms with van der Waals surface area (Å²) in [4.78, 5) is 156. The Labute approximate surface area is 600 Å². The summed E-state index contributed by atoms with van der Waals surface area (Å²) in [6.07, 6.45) is -36.3. The molecule has 0 spiro atoms. The number of anilines is 5. The van der Waals surface area contributed by atoms with Crippen molar-refractivity contribution in [3.05, 3.63) is 95.5 Å². The van der Waals surface area contributed by atoms with Crippen molar-refractivity contribution in [2.45, 2.75) is 123 Å². The van der Waals surface area contributed by atoms with E-state index in [-0.39, 0.29) is 22.8 Å². The molecule has 5 aliphatic rings. The molecule has 5 fully saturated rings. The van der Waals surface area contributed by atoms with Crippen molar-refractivity contribution in [3.8, 4) is 0 Å². The number of nitrogens with two attached hydrogens (primary N) is 5. The molecule has 56 nitrogen and oxygen atoms in total. The molecular formula is C48H61N21O35P5+. The fourth-order valence-electron chi connectivity index (χ4n) is 12.1. The van der Waals surface area contributed by atoms with E-state index >= 15 is 0 Å². The zero-order valence-corrected chi connectivity index (χ0v) is 58.8. The first-order valence-electron chi connectivity index (χ1n) is 31.0. The molecule has 0 saturated carbocycles. The van der Waals surface area contributed by atoms with Crippen LogP contribution in [-0.2, 0) is 87.2 Å². The minimum absolute atomic E-state index is 0.215. The lowest BCUT2D eigenvalue weighted by Gasteiger charge is -2.27. The molecule has 0 bridgehead atoms. The van der Waals surface area contributed by atoms with E-state index in [0.717, 1.165) is 61.8 Å². The smallest absolute Gasteiger partial charge is 0.387 e. The Hall–Kier alpha value is -8.17. The van der Waals surface area contributed by atoms with Crippen LogP contribution in [0.1, 0.15) is 31.1 Å². The van der Waals surface area contributed by atoms with Gasteiger partial charge in [-0.3, -0.25) is 88.4 Å². The molecule has 0 amide bonds. The summed E-state index contributed by atoms with van der Waals surface area (Å²) in [5.41, 5.74) is 21.2. The van der Waals surface area contributed by atoms with Crippen LogP contribution in [-0.4, -0.2) is 257 Å². The number of aliphatic hydroxyl groups is 6. The number of fused-ring (bicyclic) bond motifs is 3. The summed E-state index contributed by atoms with van der Waals surface area (Å²) in [6.45, 7) is -6.22. The van der Waals surface area contributed by atoms with Crippen molar-refractivity contribution in [1.29, 1.82) is 0 Å². The fourth-order valence-corrected chi connectivity index (χ4v) is 16.3. The van der Waals surface area contributed by atoms with Gasteiger partial charge >= 0.3 is 50.9 Å². The van der Waals surface area contributed by atoms with E-state index in [9.17, 15) is 102 Å². The zero-order valence-electron chi connectivity index (χ0n) is 54.3. The maximum Gasteiger partial charge on any atom is 0.694 e. The molecule has 109 heavy (non-hydrogen) atoms. The third-order valence-corrected chi connectivity index (χ3v) is 21.3. The van der Waals surface area contributed by atoms with Crippen molar-refractivity contribution >= 4 is 103 Å². The Balaban J connectivity index is 0.741. The SMILES string of the molecule is Nc1ccn([C@@H]2O[C@H](COP(=O)(O)O[C@H]3[C@@H](O)[C@H](n4ccc(N)nc4=O)O[C@@H]3COP(=O)(O)O[C@H]3[C@@H](O)[C@H](n4cnc5c(=O)[nH]c(N)nc54)O[C@@H]3COP(=O)(O)O[C@H]3[C@@H](O)[C@H](n4cnc5c(=O)[nH]c(N)nc54)O[C@@H]3COP(=O)(O)O[C@H]3[C@@H](O)[C@H](n4cnc5c(=O)[nH]c(N)nc54)O[C@@H]3CO[P+](=O)O)[C@@H](O)[C@H]2O)c(=O)n1. The highest BCUT2D eigenvalue weighted by Gasteiger charge is 2.57. The van der Waals surface area contributed by atoms with Gasteiger partial charge < -0.3 is 103 Å². The Morgan fingerprint density at radius 1 is 0.413 bits per heavy atom. The number of aromatic amines is 3. The molecule has 5 aliphatic heterocycles. The summed E-state index contributed by atoms with van der Waals surface area (Å²) in [7, 11) is -26.7. The third kappa shape index (κ3) is 16.3. The number of nitrogens with zero attached hydrogens (tertiary/aromatic N) is 13. The Kier molecular flexibility index (Phi) is 22.1. The molecule has 13 heterocycles. The number of phosphoric ester groups is 4. The molecule has 24 N–H and O–H groups in total. The second-order valence-electron chi connectivity index (χ2n) is 24.1. The van der Waals surface area contributed by atoms with Gasteiger partial charge in [-0.15, -0.1) is 9.42 Å². The molecular weight excluding hydrogens is 1590 g/mol. The highest BCUT2D eigenvalue weighted by Crippen LogP contribution is 2.56. The van der Waals surface area contributed by atoms with Gasteiger partial charge in [0.1, 0.15) is 110 Å². The lowest BCUT2D eigenvalue weighted by Crippen LogP contribution is -2.39. The predicted molar refractivity (Wildman–Crippen MR) is 347 cm³/mol. The number of nitrogen functional groups attached to an aromatic ring is 5. The number of ether oxygens (including phenoxy) is 5. The van der Waals surface area contributed by atoms with Gasteiger partial charge in [0.25, 0.3) is 16.7 Å². The lowest BCUT2D eigenvalue weighted by molar-refractivity contribution is -0.0654. The number of aliphatic hydroxyl groups excluding tert-OH is 6. The van der Waals surface area contributed by atoms with Crippen LogP contribution < -0.4 is 56.7 Å². The Morgan fingerprint density at radius 2 is 0.688 bits per heavy atom. The summed E-state index contributed by atoms with van der Waals surface area (Å²) in [6, 6.07) is 2.21. The van der Waals surface area contributed by atoms with Crippen molar-refractivity contribution in [3.63, 3.8) is 0 Å². The van der Waals surface area contributed by atoms with Gasteiger partial charge in [0, 0.05) is 17.0 Å². The Bertz CT molecular complexity index is 5320. The van der Waals surface area contributed by atoms with E-state index in [2.05, 4.69) is 54.8 Å². The van der Waals surface area contributed by atoms with Gasteiger partial charge in [-0.2, -0.15) is 24.9 Å². The minimum Gasteiger partial charge on any atom is -0.387 e. The van der Waals surface area contributed by atoms with Gasteiger partial charge in [0.05, 0.1) is 45.4 Å². The van der Waals surface area contributed by atoms with Crippen molar-refractivity contribution in [2.24, 2.45) is 0 Å². The number of hydrogen-bond acceptors (Lipinski definition) is 43. The van der Waals surface area contributed by atoms with Gasteiger partial charge in [-0.1, -0.05) is 0 Å². The van der Waals surface area contributed by atoms with Crippen LogP contribution in [0.15, 0.2) is 67.5 Å². The molecule has 8 aromatic heterocycles. The van der Waals surface area contributed by atoms with E-state index in [1.165, 1.54) is 0 Å². The molecule has 8 aromatic rings. The van der Waals surface area contributed by atoms with Crippen LogP contribution in [0, 0.1) is 0 Å². The van der Waals surface area contributed by atoms with E-state index in [4.69, 9.17) is 93.1 Å². The standard InChI is InChI=1S/C48H60N21O35P5/c49-18-1-3-65(47(79)57-18)39-24(71)23(70)13(96-39)6-92-106(83,84)102-30-15(98-40(25(30)72)66-4-2-19(50)58-48(66)80)7-93-108(87,88)103-32-17(100-43(28(32)75)69-12-56-22-35(69)61-46(53)64-38(22)78)9-95-109(89,90)104-31-16(99-42(27(31)74)68-11-55-21-34(68)60-45(52)63-37(21)77)8-94-107(85,86)101-29-14(5-91-105(81)82)97-41(26(29)73)67-10-54-20-33(67)59-44(51)62-36(20)76/h1-4,10-17,23-32,39-43,70-75H,5-9H2,(H17-,49,50,51,52,53,57,58,59,60,61,62,63,64,76,77,78,79,80,81,82,83,84,85,86,87,88,89,90)/p+1/t13-,14-,15-,16-,17-,23-,24-,25-,26-,27-,28-,29-,30-,31-,32-,39-,40-,41-,42-,43-/m1/s1. The maximum absolute atomic E-state index is 14.4. The topological polar surface area (TPSA) is 828 Å². The molecule has 592 valence electrons. The molecule has 0 aliphatic carbocycles. The monoisotopic (exact) mass is 1650 g/mol. The van der Waals surface area contributed by atoms with Crippen LogP contribution in [0.3, 0.4) is 0 Å². The van der Waals surface area contributed by atoms with Crippen LogP contribution in [0.4, 0.5) is 29.5 Å². The van der Waals surface area contributed by atoms with Gasteiger partial charge in [0.15, 0.2) is 64.6 Å². The molecule has 0 aromatic carbocycles. The van der Waals surface area contributed by atoms with E-state index < -0.39 is 264 Å². The second-order valence-corrected chi connectivity index (χ2v) is 30.4. The van der Waals surface area contributed by atoms with E-state index in [1.807, 2.05) is 0 Å². The molecule has 5 saturated heterocycles. The van der Waals surface area contributed by atoms with E-state index in [1.54, 1.807) is 0 Å². The van der Waals surface area contributed by atoms with Crippen molar-refractivity contribution < 1.29 is 142 Å². The Morgan fingerprint density at radius 3 is 0.991 bits per heavy atom. The van der Waals surface area contributed by atoms with Crippen LogP contribution in [0.5, 0.6) is 0 Å². The summed E-state index contributed by atoms with van der Waals surface area (Å²) < 4.78 is 148. The third-order valence-electron chi connectivity index (χ3n) is 17.0. The zero-order chi connectivity index (χ0) is 78.4. The summed E-state index contributed by atoms with van der Waals surface area (Å²) in [5, 5.41) is 68.8. The van der Waals surface area contributed by atoms with Crippen molar-refractivity contribution in [2.75, 3.05) is 61.7 Å². The molecule has 61 heteroatoms. The first-order valence-corrected chi connectivity index (χ1v) is 38.1. The minimum atomic E-state index is -5.96. The quantitative estimate of drug-likeness (QED) is 0.0203. The number of aromatic nitrogens is 16. The normalized spacial score (nSPS) is 31.7. The summed E-state index contributed by atoms with van der Waals surface area (Å²) >= 11 is 0. The highest BCUT2D eigenvalue weighted by atomic mass is 31.2. The lowest BCUT2D eigenvalue weighted by atomic mass is 10.1. The molecule has 0 radical (unpaired) electrons. The number of phosphoric acid groups is 4. The second kappa shape index (κ2) is 30.5. The van der Waals surface area contributed by atoms with Crippen LogP contribution in [0.25, 0.3) is 33.5 Å². The van der Waals surface area contributed by atoms with Gasteiger partial charge in [-0.25, -0.2) is 42.8 Å². The summed E-state index contributed by atoms with van der Waals surface area (Å²) in [5.74, 6) is -2.00. The number of hydrogen-bond donors (Lipinski definition) is 19.